The van der Waals surface area contributed by atoms with Crippen LogP contribution in [0.15, 0.2) is 17.1 Å². The van der Waals surface area contributed by atoms with E-state index in [1.807, 2.05) is 26.0 Å². The van der Waals surface area contributed by atoms with Gasteiger partial charge in [-0.3, -0.25) is 14.7 Å². The molecule has 1 saturated carbocycles. The van der Waals surface area contributed by atoms with E-state index in [9.17, 15) is 18.0 Å². The number of aryl methyl sites for hydroxylation is 2. The van der Waals surface area contributed by atoms with Crippen LogP contribution in [0.2, 0.25) is 0 Å². The maximum absolute atomic E-state index is 13.3. The minimum absolute atomic E-state index is 0.00566. The number of nitrogens with one attached hydrogen (secondary N) is 1. The number of nitrogens with zero attached hydrogens (tertiary/aromatic N) is 3. The highest BCUT2D eigenvalue weighted by Crippen LogP contribution is 2.37. The maximum Gasteiger partial charge on any atom is 0.318 e. The quantitative estimate of drug-likeness (QED) is 0.517. The third-order valence-corrected chi connectivity index (χ3v) is 10.7. The number of primary amides is 1. The molecule has 1 saturated heterocycles. The Balaban J connectivity index is 1.38. The lowest BCUT2D eigenvalue weighted by Crippen LogP contribution is -2.51. The summed E-state index contributed by atoms with van der Waals surface area (Å²) in [7, 11) is -1.89. The van der Waals surface area contributed by atoms with Gasteiger partial charge in [0.15, 0.2) is 0 Å². The van der Waals surface area contributed by atoms with E-state index < -0.39 is 21.6 Å². The molecule has 0 aromatic heterocycles. The normalized spacial score (nSPS) is 23.8. The van der Waals surface area contributed by atoms with Gasteiger partial charge in [-0.2, -0.15) is 0 Å². The minimum atomic E-state index is -3.50. The van der Waals surface area contributed by atoms with Gasteiger partial charge in [-0.05, 0) is 80.7 Å². The van der Waals surface area contributed by atoms with Crippen LogP contribution in [-0.4, -0.2) is 61.9 Å². The van der Waals surface area contributed by atoms with E-state index in [1.54, 1.807) is 7.05 Å². The van der Waals surface area contributed by atoms with E-state index in [2.05, 4.69) is 12.2 Å². The number of amidine groups is 1. The molecule has 2 unspecified atom stereocenters. The van der Waals surface area contributed by atoms with Crippen LogP contribution in [0.25, 0.3) is 0 Å². The fourth-order valence-corrected chi connectivity index (χ4v) is 7.92. The van der Waals surface area contributed by atoms with Gasteiger partial charge < -0.3 is 11.1 Å². The van der Waals surface area contributed by atoms with Gasteiger partial charge >= 0.3 is 6.03 Å². The summed E-state index contributed by atoms with van der Waals surface area (Å²) < 4.78 is 28.0. The molecular formula is C28H43N5O4S. The summed E-state index contributed by atoms with van der Waals surface area (Å²) in [5.41, 5.74) is 8.06. The number of hydrogen-bond donors (Lipinski definition) is 2. The lowest BCUT2D eigenvalue weighted by atomic mass is 9.79. The van der Waals surface area contributed by atoms with Crippen molar-refractivity contribution in [3.63, 3.8) is 0 Å². The highest BCUT2D eigenvalue weighted by molar-refractivity contribution is 7.89. The standard InChI is InChI=1S/C28H43N5O4S/c1-5-7-21-8-6-9-22(18-21)25-30-26(34)28(31-25)11-13-33(14-12-28)38(36,37)15-10-24-19(2)16-23(17-20(24)3)32(4)27(29)35/h16-17,21-22H,5-15,18H2,1-4H3,(H2,29,35)(H,30,31,34). The number of anilines is 1. The van der Waals surface area contributed by atoms with Crippen LogP contribution in [0.5, 0.6) is 0 Å². The number of carbonyl (C=O) groups excluding carboxylic acids is 2. The van der Waals surface area contributed by atoms with Crippen LogP contribution in [0, 0.1) is 25.7 Å². The molecule has 2 heterocycles. The summed E-state index contributed by atoms with van der Waals surface area (Å²) in [4.78, 5) is 30.9. The summed E-state index contributed by atoms with van der Waals surface area (Å²) in [5.74, 6) is 1.78. The first-order chi connectivity index (χ1) is 18.0. The third-order valence-electron chi connectivity index (χ3n) is 8.82. The summed E-state index contributed by atoms with van der Waals surface area (Å²) in [6.45, 7) is 6.66. The fourth-order valence-electron chi connectivity index (χ4n) is 6.46. The number of rotatable bonds is 8. The van der Waals surface area contributed by atoms with Gasteiger partial charge in [0, 0.05) is 31.7 Å². The molecule has 1 spiro atoms. The maximum atomic E-state index is 13.3. The van der Waals surface area contributed by atoms with Crippen molar-refractivity contribution in [2.75, 3.05) is 30.8 Å². The van der Waals surface area contributed by atoms with Crippen molar-refractivity contribution in [3.8, 4) is 0 Å². The molecule has 1 aromatic rings. The minimum Gasteiger partial charge on any atom is -0.351 e. The van der Waals surface area contributed by atoms with Crippen LogP contribution in [-0.2, 0) is 21.2 Å². The number of amides is 3. The molecule has 3 N–H and O–H groups in total. The van der Waals surface area contributed by atoms with Crippen LogP contribution in [0.1, 0.15) is 75.0 Å². The lowest BCUT2D eigenvalue weighted by Gasteiger charge is -2.35. The van der Waals surface area contributed by atoms with Gasteiger partial charge in [0.1, 0.15) is 11.4 Å². The fraction of sp³-hybridized carbons (Fsp3) is 0.679. The average Bonchev–Trinajstić information content (AvgIpc) is 3.18. The van der Waals surface area contributed by atoms with Gasteiger partial charge in [-0.25, -0.2) is 17.5 Å². The molecule has 1 aromatic carbocycles. The molecule has 10 heteroatoms. The summed E-state index contributed by atoms with van der Waals surface area (Å²) >= 11 is 0. The van der Waals surface area contributed by atoms with E-state index in [-0.39, 0.29) is 11.7 Å². The van der Waals surface area contributed by atoms with Crippen molar-refractivity contribution in [3.05, 3.63) is 28.8 Å². The zero-order valence-electron chi connectivity index (χ0n) is 23.3. The molecule has 4 rings (SSSR count). The first-order valence-electron chi connectivity index (χ1n) is 14.0. The highest BCUT2D eigenvalue weighted by atomic mass is 32.2. The SMILES string of the molecule is CCCC1CCCC(C2=NC3(CCN(S(=O)(=O)CCc4c(C)cc(N(C)C(N)=O)cc4C)CC3)C(=O)N2)C1. The Kier molecular flexibility index (Phi) is 8.52. The second-order valence-corrected chi connectivity index (χ2v) is 13.5. The van der Waals surface area contributed by atoms with Crippen molar-refractivity contribution in [2.24, 2.45) is 22.6 Å². The first kappa shape index (κ1) is 28.5. The predicted molar refractivity (Wildman–Crippen MR) is 151 cm³/mol. The van der Waals surface area contributed by atoms with Crippen LogP contribution >= 0.6 is 0 Å². The van der Waals surface area contributed by atoms with Gasteiger partial charge in [0.25, 0.3) is 5.91 Å². The van der Waals surface area contributed by atoms with Crippen molar-refractivity contribution in [1.82, 2.24) is 9.62 Å². The number of nitrogens with two attached hydrogens (primary N) is 1. The Labute approximate surface area is 227 Å². The molecule has 2 atom stereocenters. The van der Waals surface area contributed by atoms with Crippen molar-refractivity contribution in [2.45, 2.75) is 84.1 Å². The molecule has 2 fully saturated rings. The molecule has 2 aliphatic heterocycles. The zero-order chi connectivity index (χ0) is 27.7. The van der Waals surface area contributed by atoms with Crippen molar-refractivity contribution in [1.29, 1.82) is 0 Å². The molecule has 38 heavy (non-hydrogen) atoms. The van der Waals surface area contributed by atoms with Gasteiger partial charge in [-0.15, -0.1) is 0 Å². The van der Waals surface area contributed by atoms with E-state index in [1.165, 1.54) is 34.9 Å². The highest BCUT2D eigenvalue weighted by Gasteiger charge is 2.48. The molecule has 210 valence electrons. The van der Waals surface area contributed by atoms with Crippen LogP contribution in [0.3, 0.4) is 0 Å². The number of hydrogen-bond acceptors (Lipinski definition) is 5. The molecule has 9 nitrogen and oxygen atoms in total. The smallest absolute Gasteiger partial charge is 0.318 e. The number of urea groups is 1. The number of piperidine rings is 1. The van der Waals surface area contributed by atoms with E-state index in [4.69, 9.17) is 10.7 Å². The molecule has 1 aliphatic carbocycles. The van der Waals surface area contributed by atoms with Gasteiger partial charge in [-0.1, -0.05) is 32.6 Å². The Bertz CT molecular complexity index is 1180. The molecule has 3 aliphatic rings. The Hall–Kier alpha value is -2.46. The second-order valence-electron chi connectivity index (χ2n) is 11.4. The largest absolute Gasteiger partial charge is 0.351 e. The van der Waals surface area contributed by atoms with E-state index in [0.717, 1.165) is 35.4 Å². The van der Waals surface area contributed by atoms with Gasteiger partial charge in [0.05, 0.1) is 5.75 Å². The molecule has 3 amide bonds. The average molecular weight is 546 g/mol. The Morgan fingerprint density at radius 1 is 1.21 bits per heavy atom. The van der Waals surface area contributed by atoms with Crippen LogP contribution < -0.4 is 16.0 Å². The van der Waals surface area contributed by atoms with E-state index >= 15 is 0 Å². The zero-order valence-corrected chi connectivity index (χ0v) is 24.1. The number of sulfonamides is 1. The monoisotopic (exact) mass is 545 g/mol. The van der Waals surface area contributed by atoms with Crippen molar-refractivity contribution < 1.29 is 18.0 Å². The number of benzene rings is 1. The predicted octanol–water partition coefficient (Wildman–Crippen LogP) is 3.66. The molecular weight excluding hydrogens is 502 g/mol. The molecule has 0 radical (unpaired) electrons. The summed E-state index contributed by atoms with van der Waals surface area (Å²) in [5, 5.41) is 3.09. The van der Waals surface area contributed by atoms with Crippen LogP contribution in [0.4, 0.5) is 10.5 Å². The van der Waals surface area contributed by atoms with E-state index in [0.29, 0.717) is 49.9 Å². The Morgan fingerprint density at radius 3 is 2.47 bits per heavy atom. The Morgan fingerprint density at radius 2 is 1.87 bits per heavy atom. The number of carbonyl (C=O) groups is 2. The molecule has 0 bridgehead atoms. The lowest BCUT2D eigenvalue weighted by molar-refractivity contribution is -0.125. The van der Waals surface area contributed by atoms with Gasteiger partial charge in [0.2, 0.25) is 10.0 Å². The topological polar surface area (TPSA) is 125 Å². The third kappa shape index (κ3) is 5.91. The summed E-state index contributed by atoms with van der Waals surface area (Å²) in [6.07, 6.45) is 8.20. The second kappa shape index (κ2) is 11.3. The number of aliphatic imine (C=N–C) groups is 1. The van der Waals surface area contributed by atoms with Crippen molar-refractivity contribution >= 4 is 33.5 Å². The summed E-state index contributed by atoms with van der Waals surface area (Å²) in [6, 6.07) is 3.17. The first-order valence-corrected chi connectivity index (χ1v) is 15.6.